The van der Waals surface area contributed by atoms with Crippen molar-refractivity contribution < 1.29 is 14.3 Å². The molecule has 0 bridgehead atoms. The molecule has 1 fully saturated rings. The van der Waals surface area contributed by atoms with Crippen LogP contribution in [0.25, 0.3) is 11.0 Å². The van der Waals surface area contributed by atoms with E-state index in [0.717, 1.165) is 59.7 Å². The van der Waals surface area contributed by atoms with Gasteiger partial charge in [-0.25, -0.2) is 9.78 Å². The third-order valence-electron chi connectivity index (χ3n) is 5.37. The van der Waals surface area contributed by atoms with E-state index in [2.05, 4.69) is 10.3 Å². The van der Waals surface area contributed by atoms with Crippen LogP contribution in [0, 0.1) is 0 Å². The number of hydrogen-bond donors (Lipinski definition) is 2. The van der Waals surface area contributed by atoms with Crippen LogP contribution in [-0.4, -0.2) is 34.2 Å². The maximum Gasteiger partial charge on any atom is 0.318 e. The number of nitrogens with one attached hydrogen (secondary N) is 2. The van der Waals surface area contributed by atoms with Crippen LogP contribution in [0.15, 0.2) is 42.5 Å². The fraction of sp³-hybridized carbons (Fsp3) is 0.333. The molecule has 2 aromatic carbocycles. The highest BCUT2D eigenvalue weighted by molar-refractivity contribution is 5.76. The van der Waals surface area contributed by atoms with Crippen LogP contribution < -0.4 is 14.8 Å². The lowest BCUT2D eigenvalue weighted by Crippen LogP contribution is -2.44. The lowest BCUT2D eigenvalue weighted by atomic mass is 10.0. The van der Waals surface area contributed by atoms with Gasteiger partial charge in [-0.1, -0.05) is 18.2 Å². The summed E-state index contributed by atoms with van der Waals surface area (Å²) >= 11 is 0. The van der Waals surface area contributed by atoms with Gasteiger partial charge in [0, 0.05) is 13.1 Å². The lowest BCUT2D eigenvalue weighted by molar-refractivity contribution is 0.147. The number of H-pyrrole nitrogens is 1. The van der Waals surface area contributed by atoms with E-state index in [9.17, 15) is 4.79 Å². The normalized spacial score (nSPS) is 18.4. The summed E-state index contributed by atoms with van der Waals surface area (Å²) in [6.07, 6.45) is 3.01. The van der Waals surface area contributed by atoms with Gasteiger partial charge >= 0.3 is 6.03 Å². The van der Waals surface area contributed by atoms with Crippen LogP contribution in [0.5, 0.6) is 11.5 Å². The molecule has 1 atom stereocenters. The smallest absolute Gasteiger partial charge is 0.318 e. The van der Waals surface area contributed by atoms with Gasteiger partial charge in [0.05, 0.1) is 17.1 Å². The van der Waals surface area contributed by atoms with E-state index in [1.165, 1.54) is 0 Å². The Labute approximate surface area is 162 Å². The number of hydrogen-bond acceptors (Lipinski definition) is 4. The van der Waals surface area contributed by atoms with Gasteiger partial charge in [-0.05, 0) is 49.1 Å². The van der Waals surface area contributed by atoms with Gasteiger partial charge in [0.2, 0.25) is 6.79 Å². The molecular formula is C21H22N4O3. The summed E-state index contributed by atoms with van der Waals surface area (Å²) in [5, 5.41) is 3.04. The molecule has 1 unspecified atom stereocenters. The van der Waals surface area contributed by atoms with E-state index in [1.54, 1.807) is 0 Å². The van der Waals surface area contributed by atoms with Crippen LogP contribution in [-0.2, 0) is 6.54 Å². The summed E-state index contributed by atoms with van der Waals surface area (Å²) in [6.45, 7) is 1.42. The van der Waals surface area contributed by atoms with Gasteiger partial charge in [0.1, 0.15) is 5.82 Å². The molecule has 2 aliphatic rings. The third kappa shape index (κ3) is 3.13. The van der Waals surface area contributed by atoms with Gasteiger partial charge in [0.15, 0.2) is 11.5 Å². The minimum atomic E-state index is -0.0668. The number of piperidine rings is 1. The zero-order valence-corrected chi connectivity index (χ0v) is 15.5. The van der Waals surface area contributed by atoms with Gasteiger partial charge in [-0.3, -0.25) is 0 Å². The highest BCUT2D eigenvalue weighted by atomic mass is 16.7. The number of aromatic amines is 1. The number of nitrogens with zero attached hydrogens (tertiary/aromatic N) is 2. The van der Waals surface area contributed by atoms with Crippen molar-refractivity contribution in [2.24, 2.45) is 0 Å². The van der Waals surface area contributed by atoms with Crippen LogP contribution in [0.3, 0.4) is 0 Å². The highest BCUT2D eigenvalue weighted by Gasteiger charge is 2.30. The zero-order chi connectivity index (χ0) is 18.9. The molecule has 5 rings (SSSR count). The van der Waals surface area contributed by atoms with E-state index in [4.69, 9.17) is 14.5 Å². The predicted octanol–water partition coefficient (Wildman–Crippen LogP) is 3.73. The number of amides is 2. The van der Waals surface area contributed by atoms with Gasteiger partial charge in [-0.15, -0.1) is 0 Å². The number of ether oxygens (including phenoxy) is 2. The quantitative estimate of drug-likeness (QED) is 0.728. The fourth-order valence-electron chi connectivity index (χ4n) is 3.92. The maximum atomic E-state index is 12.9. The minimum Gasteiger partial charge on any atom is -0.454 e. The van der Waals surface area contributed by atoms with Crippen molar-refractivity contribution in [1.29, 1.82) is 0 Å². The van der Waals surface area contributed by atoms with Gasteiger partial charge in [0.25, 0.3) is 0 Å². The van der Waals surface area contributed by atoms with Crippen LogP contribution >= 0.6 is 0 Å². The predicted molar refractivity (Wildman–Crippen MR) is 104 cm³/mol. The standard InChI is InChI=1S/C21H22N4O3/c26-21(22-12-14-8-9-18-19(11-14)28-13-27-18)25-10-4-3-7-17(25)20-23-15-5-1-2-6-16(15)24-20/h1-2,5-6,8-9,11,17H,3-4,7,10,12-13H2,(H,22,26)(H,23,24). The summed E-state index contributed by atoms with van der Waals surface area (Å²) in [6, 6.07) is 13.6. The number of likely N-dealkylation sites (tertiary alicyclic amines) is 1. The molecule has 0 aliphatic carbocycles. The SMILES string of the molecule is O=C(NCc1ccc2c(c1)OCO2)N1CCCCC1c1nc2ccccc2[nH]1. The summed E-state index contributed by atoms with van der Waals surface area (Å²) < 4.78 is 10.7. The third-order valence-corrected chi connectivity index (χ3v) is 5.37. The number of benzene rings is 2. The second kappa shape index (κ2) is 7.07. The molecule has 2 amide bonds. The Morgan fingerprint density at radius 2 is 2.07 bits per heavy atom. The van der Waals surface area contributed by atoms with E-state index in [1.807, 2.05) is 47.4 Å². The highest BCUT2D eigenvalue weighted by Crippen LogP contribution is 2.33. The first-order valence-corrected chi connectivity index (χ1v) is 9.65. The number of para-hydroxylation sites is 2. The first-order chi connectivity index (χ1) is 13.8. The first kappa shape index (κ1) is 16.9. The average molecular weight is 378 g/mol. The first-order valence-electron chi connectivity index (χ1n) is 9.65. The Bertz CT molecular complexity index is 983. The summed E-state index contributed by atoms with van der Waals surface area (Å²) in [7, 11) is 0. The Hall–Kier alpha value is -3.22. The molecule has 1 aromatic heterocycles. The minimum absolute atomic E-state index is 0.0297. The van der Waals surface area contributed by atoms with Crippen LogP contribution in [0.4, 0.5) is 4.79 Å². The van der Waals surface area contributed by atoms with Crippen molar-refractivity contribution in [3.05, 3.63) is 53.9 Å². The molecule has 2 aliphatic heterocycles. The summed E-state index contributed by atoms with van der Waals surface area (Å²) in [4.78, 5) is 22.9. The molecule has 7 nitrogen and oxygen atoms in total. The van der Waals surface area contributed by atoms with Crippen molar-refractivity contribution in [1.82, 2.24) is 20.2 Å². The lowest BCUT2D eigenvalue weighted by Gasteiger charge is -2.34. The Kier molecular flexibility index (Phi) is 4.27. The van der Waals surface area contributed by atoms with Gasteiger partial charge < -0.3 is 24.7 Å². The van der Waals surface area contributed by atoms with E-state index in [0.29, 0.717) is 6.54 Å². The number of rotatable bonds is 3. The number of aromatic nitrogens is 2. The van der Waals surface area contributed by atoms with Crippen molar-refractivity contribution in [3.8, 4) is 11.5 Å². The maximum absolute atomic E-state index is 12.9. The van der Waals surface area contributed by atoms with Crippen LogP contribution in [0.2, 0.25) is 0 Å². The molecule has 3 heterocycles. The molecule has 28 heavy (non-hydrogen) atoms. The Morgan fingerprint density at radius 3 is 3.00 bits per heavy atom. The number of urea groups is 1. The van der Waals surface area contributed by atoms with E-state index < -0.39 is 0 Å². The largest absolute Gasteiger partial charge is 0.454 e. The number of carbonyl (C=O) groups excluding carboxylic acids is 1. The molecule has 0 spiro atoms. The Balaban J connectivity index is 1.30. The molecule has 0 radical (unpaired) electrons. The number of fused-ring (bicyclic) bond motifs is 2. The fourth-order valence-corrected chi connectivity index (χ4v) is 3.92. The topological polar surface area (TPSA) is 79.5 Å². The number of carbonyl (C=O) groups is 1. The zero-order valence-electron chi connectivity index (χ0n) is 15.5. The second-order valence-electron chi connectivity index (χ2n) is 7.19. The second-order valence-corrected chi connectivity index (χ2v) is 7.19. The van der Waals surface area contributed by atoms with Crippen molar-refractivity contribution in [2.45, 2.75) is 31.8 Å². The average Bonchev–Trinajstić information content (AvgIpc) is 3.38. The molecule has 1 saturated heterocycles. The Morgan fingerprint density at radius 1 is 1.18 bits per heavy atom. The van der Waals surface area contributed by atoms with Crippen LogP contribution in [0.1, 0.15) is 36.7 Å². The monoisotopic (exact) mass is 378 g/mol. The van der Waals surface area contributed by atoms with Crippen molar-refractivity contribution in [3.63, 3.8) is 0 Å². The van der Waals surface area contributed by atoms with Crippen molar-refractivity contribution >= 4 is 17.1 Å². The molecule has 7 heteroatoms. The summed E-state index contributed by atoms with van der Waals surface area (Å²) in [5.41, 5.74) is 2.92. The molecule has 3 aromatic rings. The van der Waals surface area contributed by atoms with Gasteiger partial charge in [-0.2, -0.15) is 0 Å². The van der Waals surface area contributed by atoms with E-state index in [-0.39, 0.29) is 18.9 Å². The summed E-state index contributed by atoms with van der Waals surface area (Å²) in [5.74, 6) is 2.33. The molecular weight excluding hydrogens is 356 g/mol. The molecule has 144 valence electrons. The number of imidazole rings is 1. The molecule has 2 N–H and O–H groups in total. The van der Waals surface area contributed by atoms with E-state index >= 15 is 0 Å². The van der Waals surface area contributed by atoms with Crippen molar-refractivity contribution in [2.75, 3.05) is 13.3 Å². The molecule has 0 saturated carbocycles.